The molecule has 31 heavy (non-hydrogen) atoms. The SMILES string of the molecule is COc1cc(C(=O)Nc2nc(-c3ccc4c(c3)NC(=O)CO4)cs2)cc(OC)c1OC. The molecular formula is C21H19N3O6S. The van der Waals surface area contributed by atoms with Crippen LogP contribution in [-0.4, -0.2) is 44.7 Å². The number of nitrogens with zero attached hydrogens (tertiary/aromatic N) is 1. The van der Waals surface area contributed by atoms with Gasteiger partial charge in [-0.3, -0.25) is 14.9 Å². The average Bonchev–Trinajstić information content (AvgIpc) is 3.25. The van der Waals surface area contributed by atoms with Crippen LogP contribution in [0.15, 0.2) is 35.7 Å². The van der Waals surface area contributed by atoms with Gasteiger partial charge >= 0.3 is 0 Å². The number of anilines is 2. The fourth-order valence-electron chi connectivity index (χ4n) is 3.09. The van der Waals surface area contributed by atoms with Crippen molar-refractivity contribution in [2.75, 3.05) is 38.6 Å². The number of hydrogen-bond donors (Lipinski definition) is 2. The number of nitrogens with one attached hydrogen (secondary N) is 2. The third-order valence-corrected chi connectivity index (χ3v) is 5.32. The molecule has 10 heteroatoms. The summed E-state index contributed by atoms with van der Waals surface area (Å²) in [5, 5.41) is 7.79. The molecule has 160 valence electrons. The zero-order valence-electron chi connectivity index (χ0n) is 17.0. The second kappa shape index (κ2) is 8.52. The van der Waals surface area contributed by atoms with Crippen LogP contribution in [0, 0.1) is 0 Å². The molecule has 0 aliphatic carbocycles. The smallest absolute Gasteiger partial charge is 0.262 e. The van der Waals surface area contributed by atoms with Crippen molar-refractivity contribution in [3.63, 3.8) is 0 Å². The van der Waals surface area contributed by atoms with Crippen molar-refractivity contribution in [1.82, 2.24) is 4.98 Å². The second-order valence-electron chi connectivity index (χ2n) is 6.45. The van der Waals surface area contributed by atoms with E-state index in [2.05, 4.69) is 15.6 Å². The fourth-order valence-corrected chi connectivity index (χ4v) is 3.80. The van der Waals surface area contributed by atoms with Crippen LogP contribution in [0.3, 0.4) is 0 Å². The van der Waals surface area contributed by atoms with Gasteiger partial charge in [0.1, 0.15) is 5.75 Å². The van der Waals surface area contributed by atoms with Crippen LogP contribution in [0.2, 0.25) is 0 Å². The van der Waals surface area contributed by atoms with Gasteiger partial charge in [-0.05, 0) is 30.3 Å². The summed E-state index contributed by atoms with van der Waals surface area (Å²) in [5.74, 6) is 1.19. The Bertz CT molecular complexity index is 1130. The zero-order valence-corrected chi connectivity index (χ0v) is 17.8. The zero-order chi connectivity index (χ0) is 22.0. The van der Waals surface area contributed by atoms with Crippen LogP contribution in [0.1, 0.15) is 10.4 Å². The Morgan fingerprint density at radius 3 is 2.55 bits per heavy atom. The Labute approximate surface area is 181 Å². The largest absolute Gasteiger partial charge is 0.493 e. The number of amides is 2. The van der Waals surface area contributed by atoms with Crippen molar-refractivity contribution in [3.05, 3.63) is 41.3 Å². The third kappa shape index (κ3) is 4.10. The molecule has 2 heterocycles. The van der Waals surface area contributed by atoms with Crippen molar-refractivity contribution in [1.29, 1.82) is 0 Å². The topological polar surface area (TPSA) is 108 Å². The third-order valence-electron chi connectivity index (χ3n) is 4.56. The number of carbonyl (C=O) groups is 2. The molecule has 0 atom stereocenters. The summed E-state index contributed by atoms with van der Waals surface area (Å²) >= 11 is 1.28. The number of methoxy groups -OCH3 is 3. The van der Waals surface area contributed by atoms with Gasteiger partial charge < -0.3 is 24.3 Å². The maximum absolute atomic E-state index is 12.8. The molecule has 0 saturated carbocycles. The Balaban J connectivity index is 1.55. The van der Waals surface area contributed by atoms with Gasteiger partial charge in [0.05, 0.1) is 32.7 Å². The van der Waals surface area contributed by atoms with E-state index in [1.165, 1.54) is 32.7 Å². The first-order valence-electron chi connectivity index (χ1n) is 9.16. The molecule has 3 aromatic rings. The van der Waals surface area contributed by atoms with Crippen molar-refractivity contribution in [2.24, 2.45) is 0 Å². The van der Waals surface area contributed by atoms with Crippen molar-refractivity contribution in [3.8, 4) is 34.3 Å². The molecule has 4 rings (SSSR count). The van der Waals surface area contributed by atoms with E-state index < -0.39 is 0 Å². The molecule has 2 N–H and O–H groups in total. The van der Waals surface area contributed by atoms with Crippen LogP contribution < -0.4 is 29.6 Å². The van der Waals surface area contributed by atoms with Gasteiger partial charge in [0.2, 0.25) is 5.75 Å². The Kier molecular flexibility index (Phi) is 5.63. The lowest BCUT2D eigenvalue weighted by molar-refractivity contribution is -0.118. The normalized spacial score (nSPS) is 12.3. The number of aromatic nitrogens is 1. The quantitative estimate of drug-likeness (QED) is 0.603. The monoisotopic (exact) mass is 441 g/mol. The molecule has 2 amide bonds. The van der Waals surface area contributed by atoms with Crippen molar-refractivity contribution in [2.45, 2.75) is 0 Å². The molecular weight excluding hydrogens is 422 g/mol. The number of rotatable bonds is 6. The maximum atomic E-state index is 12.8. The van der Waals surface area contributed by atoms with E-state index in [4.69, 9.17) is 18.9 Å². The number of carbonyl (C=O) groups excluding carboxylic acids is 2. The van der Waals surface area contributed by atoms with Crippen LogP contribution in [-0.2, 0) is 4.79 Å². The Hall–Kier alpha value is -3.79. The van der Waals surface area contributed by atoms with Gasteiger partial charge in [-0.1, -0.05) is 0 Å². The summed E-state index contributed by atoms with van der Waals surface area (Å²) in [6, 6.07) is 8.54. The molecule has 0 saturated heterocycles. The molecule has 1 aromatic heterocycles. The predicted molar refractivity (Wildman–Crippen MR) is 116 cm³/mol. The highest BCUT2D eigenvalue weighted by Gasteiger charge is 2.19. The Morgan fingerprint density at radius 1 is 1.13 bits per heavy atom. The summed E-state index contributed by atoms with van der Waals surface area (Å²) in [4.78, 5) is 28.8. The first kappa shape index (κ1) is 20.5. The van der Waals surface area contributed by atoms with Gasteiger partial charge in [0.15, 0.2) is 23.2 Å². The molecule has 0 spiro atoms. The second-order valence-corrected chi connectivity index (χ2v) is 7.31. The lowest BCUT2D eigenvalue weighted by Crippen LogP contribution is -2.25. The van der Waals surface area contributed by atoms with E-state index >= 15 is 0 Å². The van der Waals surface area contributed by atoms with Crippen molar-refractivity contribution >= 4 is 34.0 Å². The number of hydrogen-bond acceptors (Lipinski definition) is 8. The standard InChI is InChI=1S/C21H19N3O6S/c1-27-16-7-12(8-17(28-2)19(16)29-3)20(26)24-21-23-14(10-31-21)11-4-5-15-13(6-11)22-18(25)9-30-15/h4-8,10H,9H2,1-3H3,(H,22,25)(H,23,24,26). The number of ether oxygens (including phenoxy) is 4. The van der Waals surface area contributed by atoms with E-state index in [0.717, 1.165) is 5.56 Å². The highest BCUT2D eigenvalue weighted by Crippen LogP contribution is 2.38. The van der Waals surface area contributed by atoms with E-state index in [-0.39, 0.29) is 18.4 Å². The molecule has 1 aliphatic rings. The Morgan fingerprint density at radius 2 is 1.87 bits per heavy atom. The first-order chi connectivity index (χ1) is 15.0. The van der Waals surface area contributed by atoms with Crippen LogP contribution >= 0.6 is 11.3 Å². The lowest BCUT2D eigenvalue weighted by atomic mass is 10.1. The van der Waals surface area contributed by atoms with Gasteiger partial charge in [0.25, 0.3) is 11.8 Å². The minimum absolute atomic E-state index is 0.000158. The number of benzene rings is 2. The van der Waals surface area contributed by atoms with Crippen molar-refractivity contribution < 1.29 is 28.5 Å². The van der Waals surface area contributed by atoms with Crippen LogP contribution in [0.25, 0.3) is 11.3 Å². The summed E-state index contributed by atoms with van der Waals surface area (Å²) < 4.78 is 21.2. The predicted octanol–water partition coefficient (Wildman–Crippen LogP) is 3.42. The minimum atomic E-state index is -0.369. The van der Waals surface area contributed by atoms with Crippen LogP contribution in [0.4, 0.5) is 10.8 Å². The molecule has 2 aromatic carbocycles. The summed E-state index contributed by atoms with van der Waals surface area (Å²) in [6.45, 7) is 0.000158. The molecule has 1 aliphatic heterocycles. The van der Waals surface area contributed by atoms with E-state index in [1.807, 2.05) is 11.4 Å². The summed E-state index contributed by atoms with van der Waals surface area (Å²) in [5.41, 5.74) is 2.37. The molecule has 0 fully saturated rings. The minimum Gasteiger partial charge on any atom is -0.493 e. The number of fused-ring (bicyclic) bond motifs is 1. The molecule has 9 nitrogen and oxygen atoms in total. The summed E-state index contributed by atoms with van der Waals surface area (Å²) in [6.07, 6.45) is 0. The highest BCUT2D eigenvalue weighted by atomic mass is 32.1. The molecule has 0 unspecified atom stereocenters. The van der Waals surface area contributed by atoms with E-state index in [0.29, 0.717) is 45.1 Å². The summed E-state index contributed by atoms with van der Waals surface area (Å²) in [7, 11) is 4.46. The highest BCUT2D eigenvalue weighted by molar-refractivity contribution is 7.14. The van der Waals surface area contributed by atoms with Crippen LogP contribution in [0.5, 0.6) is 23.0 Å². The van der Waals surface area contributed by atoms with Gasteiger partial charge in [-0.2, -0.15) is 0 Å². The average molecular weight is 441 g/mol. The molecule has 0 radical (unpaired) electrons. The van der Waals surface area contributed by atoms with E-state index in [1.54, 1.807) is 24.3 Å². The fraction of sp³-hybridized carbons (Fsp3) is 0.190. The van der Waals surface area contributed by atoms with E-state index in [9.17, 15) is 9.59 Å². The first-order valence-corrected chi connectivity index (χ1v) is 10.0. The lowest BCUT2D eigenvalue weighted by Gasteiger charge is -2.18. The maximum Gasteiger partial charge on any atom is 0.262 e. The number of thiazole rings is 1. The van der Waals surface area contributed by atoms with Gasteiger partial charge in [-0.15, -0.1) is 11.3 Å². The van der Waals surface area contributed by atoms with Gasteiger partial charge in [-0.25, -0.2) is 4.98 Å². The van der Waals surface area contributed by atoms with Gasteiger partial charge in [0, 0.05) is 16.5 Å². The molecule has 0 bridgehead atoms.